The fourth-order valence-electron chi connectivity index (χ4n) is 4.98. The Kier molecular flexibility index (Phi) is 5.87. The summed E-state index contributed by atoms with van der Waals surface area (Å²) < 4.78 is 8.96. The highest BCUT2D eigenvalue weighted by Gasteiger charge is 2.46. The van der Waals surface area contributed by atoms with Gasteiger partial charge in [-0.15, -0.1) is 0 Å². The van der Waals surface area contributed by atoms with E-state index in [4.69, 9.17) is 4.74 Å². The molecule has 0 saturated carbocycles. The standard InChI is InChI=1S/C32H20Br2O2/c33-25-13-15-27-22(19-25)11-17-29(31(27)21-7-3-1-4-8-21)36-32(24-9-5-2-6-10-24)28-16-14-26(34)20-23(28)12-18-30(32)35/h1-20H. The first kappa shape index (κ1) is 23.0. The van der Waals surface area contributed by atoms with E-state index < -0.39 is 5.60 Å². The number of carbonyl (C=O) groups is 1. The largest absolute Gasteiger partial charge is 0.469 e. The topological polar surface area (TPSA) is 26.3 Å². The van der Waals surface area contributed by atoms with Gasteiger partial charge in [0.05, 0.1) is 0 Å². The summed E-state index contributed by atoms with van der Waals surface area (Å²) in [5.74, 6) is 0.538. The molecule has 1 unspecified atom stereocenters. The molecule has 36 heavy (non-hydrogen) atoms. The SMILES string of the molecule is O=C1C=Cc2cc(Br)ccc2C1(Oc1ccc2cc(Br)ccc2c1-c1ccccc1)c1ccccc1. The Bertz CT molecular complexity index is 1640. The van der Waals surface area contributed by atoms with Gasteiger partial charge in [0.25, 0.3) is 0 Å². The molecule has 0 aromatic heterocycles. The lowest BCUT2D eigenvalue weighted by Crippen LogP contribution is -2.44. The second-order valence-corrected chi connectivity index (χ2v) is 10.6. The molecule has 0 bridgehead atoms. The van der Waals surface area contributed by atoms with Gasteiger partial charge in [0.15, 0.2) is 0 Å². The fraction of sp³-hybridized carbons (Fsp3) is 0.0312. The summed E-state index contributed by atoms with van der Waals surface area (Å²) in [5, 5.41) is 2.14. The van der Waals surface area contributed by atoms with Gasteiger partial charge < -0.3 is 4.74 Å². The van der Waals surface area contributed by atoms with Crippen LogP contribution in [0.25, 0.3) is 28.0 Å². The van der Waals surface area contributed by atoms with Gasteiger partial charge in [-0.1, -0.05) is 117 Å². The van der Waals surface area contributed by atoms with Crippen molar-refractivity contribution in [2.45, 2.75) is 5.60 Å². The molecule has 0 fully saturated rings. The number of carbonyl (C=O) groups excluding carboxylic acids is 1. The highest BCUT2D eigenvalue weighted by Crippen LogP contribution is 2.46. The summed E-state index contributed by atoms with van der Waals surface area (Å²) in [6, 6.07) is 36.2. The zero-order chi connectivity index (χ0) is 24.7. The van der Waals surface area contributed by atoms with Crippen molar-refractivity contribution >= 4 is 54.5 Å². The molecule has 0 amide bonds. The van der Waals surface area contributed by atoms with Crippen LogP contribution in [0.15, 0.2) is 124 Å². The highest BCUT2D eigenvalue weighted by atomic mass is 79.9. The van der Waals surface area contributed by atoms with E-state index in [1.807, 2.05) is 91.0 Å². The number of rotatable bonds is 4. The minimum atomic E-state index is -1.32. The van der Waals surface area contributed by atoms with Crippen molar-refractivity contribution in [1.29, 1.82) is 0 Å². The molecule has 2 nitrogen and oxygen atoms in total. The molecule has 174 valence electrons. The molecule has 1 atom stereocenters. The molecule has 0 radical (unpaired) electrons. The number of fused-ring (bicyclic) bond motifs is 2. The van der Waals surface area contributed by atoms with E-state index in [2.05, 4.69) is 56.1 Å². The lowest BCUT2D eigenvalue weighted by molar-refractivity contribution is -0.127. The van der Waals surface area contributed by atoms with Crippen LogP contribution in [0.1, 0.15) is 16.7 Å². The molecule has 0 saturated heterocycles. The van der Waals surface area contributed by atoms with Crippen LogP contribution in [0.3, 0.4) is 0 Å². The molecule has 1 aliphatic rings. The molecule has 4 heteroatoms. The fourth-order valence-corrected chi connectivity index (χ4v) is 5.73. The Morgan fingerprint density at radius 1 is 0.667 bits per heavy atom. The normalized spacial score (nSPS) is 16.7. The van der Waals surface area contributed by atoms with Crippen molar-refractivity contribution < 1.29 is 9.53 Å². The average molecular weight is 596 g/mol. The number of hydrogen-bond donors (Lipinski definition) is 0. The van der Waals surface area contributed by atoms with Crippen molar-refractivity contribution in [3.05, 3.63) is 141 Å². The summed E-state index contributed by atoms with van der Waals surface area (Å²) in [6.07, 6.45) is 3.49. The van der Waals surface area contributed by atoms with Crippen LogP contribution in [0.5, 0.6) is 5.75 Å². The first-order chi connectivity index (χ1) is 17.6. The van der Waals surface area contributed by atoms with Gasteiger partial charge in [0, 0.05) is 25.6 Å². The second kappa shape index (κ2) is 9.20. The van der Waals surface area contributed by atoms with Crippen LogP contribution in [0, 0.1) is 0 Å². The van der Waals surface area contributed by atoms with Crippen LogP contribution in [0.4, 0.5) is 0 Å². The molecule has 0 aliphatic heterocycles. The van der Waals surface area contributed by atoms with E-state index in [-0.39, 0.29) is 5.78 Å². The van der Waals surface area contributed by atoms with Crippen molar-refractivity contribution in [2.24, 2.45) is 0 Å². The summed E-state index contributed by atoms with van der Waals surface area (Å²) >= 11 is 7.17. The van der Waals surface area contributed by atoms with E-state index in [0.717, 1.165) is 47.5 Å². The van der Waals surface area contributed by atoms with E-state index in [1.54, 1.807) is 6.08 Å². The lowest BCUT2D eigenvalue weighted by Gasteiger charge is -2.37. The Labute approximate surface area is 226 Å². The van der Waals surface area contributed by atoms with Gasteiger partial charge in [-0.05, 0) is 58.3 Å². The van der Waals surface area contributed by atoms with E-state index >= 15 is 0 Å². The summed E-state index contributed by atoms with van der Waals surface area (Å²) in [5.41, 5.74) is 3.21. The number of ether oxygens (including phenoxy) is 1. The van der Waals surface area contributed by atoms with Gasteiger partial charge in [-0.3, -0.25) is 4.79 Å². The molecule has 5 aromatic carbocycles. The van der Waals surface area contributed by atoms with Crippen molar-refractivity contribution in [2.75, 3.05) is 0 Å². The predicted octanol–water partition coefficient (Wildman–Crippen LogP) is 8.95. The minimum absolute atomic E-state index is 0.113. The maximum absolute atomic E-state index is 13.9. The van der Waals surface area contributed by atoms with Gasteiger partial charge in [0.2, 0.25) is 11.4 Å². The van der Waals surface area contributed by atoms with Crippen molar-refractivity contribution in [3.8, 4) is 16.9 Å². The number of benzene rings is 5. The smallest absolute Gasteiger partial charge is 0.221 e. The number of ketones is 1. The van der Waals surface area contributed by atoms with E-state index in [0.29, 0.717) is 5.75 Å². The maximum atomic E-state index is 13.9. The maximum Gasteiger partial charge on any atom is 0.221 e. The first-order valence-corrected chi connectivity index (χ1v) is 13.2. The van der Waals surface area contributed by atoms with E-state index in [1.165, 1.54) is 0 Å². The van der Waals surface area contributed by atoms with Crippen LogP contribution >= 0.6 is 31.9 Å². The summed E-state index contributed by atoms with van der Waals surface area (Å²) in [6.45, 7) is 0. The monoisotopic (exact) mass is 594 g/mol. The molecular weight excluding hydrogens is 576 g/mol. The Morgan fingerprint density at radius 2 is 1.36 bits per heavy atom. The van der Waals surface area contributed by atoms with Crippen LogP contribution < -0.4 is 4.74 Å². The van der Waals surface area contributed by atoms with Crippen molar-refractivity contribution in [1.82, 2.24) is 0 Å². The minimum Gasteiger partial charge on any atom is -0.469 e. The Hall–Kier alpha value is -3.47. The lowest BCUT2D eigenvalue weighted by atomic mass is 9.77. The van der Waals surface area contributed by atoms with Gasteiger partial charge >= 0.3 is 0 Å². The predicted molar refractivity (Wildman–Crippen MR) is 153 cm³/mol. The van der Waals surface area contributed by atoms with Gasteiger partial charge in [0.1, 0.15) is 5.75 Å². The quantitative estimate of drug-likeness (QED) is 0.207. The highest BCUT2D eigenvalue weighted by molar-refractivity contribution is 9.10. The number of hydrogen-bond acceptors (Lipinski definition) is 2. The number of halogens is 2. The van der Waals surface area contributed by atoms with Crippen LogP contribution in [-0.4, -0.2) is 5.78 Å². The second-order valence-electron chi connectivity index (χ2n) is 8.75. The Balaban J connectivity index is 1.65. The van der Waals surface area contributed by atoms with Crippen LogP contribution in [-0.2, 0) is 10.4 Å². The Morgan fingerprint density at radius 3 is 2.14 bits per heavy atom. The molecule has 6 rings (SSSR count). The van der Waals surface area contributed by atoms with Gasteiger partial charge in [-0.25, -0.2) is 0 Å². The molecule has 5 aromatic rings. The third-order valence-electron chi connectivity index (χ3n) is 6.60. The first-order valence-electron chi connectivity index (χ1n) is 11.6. The third-order valence-corrected chi connectivity index (χ3v) is 7.59. The molecule has 0 N–H and O–H groups in total. The zero-order valence-corrected chi connectivity index (χ0v) is 22.3. The average Bonchev–Trinajstić information content (AvgIpc) is 2.91. The molecule has 1 aliphatic carbocycles. The summed E-state index contributed by atoms with van der Waals surface area (Å²) in [7, 11) is 0. The van der Waals surface area contributed by atoms with Gasteiger partial charge in [-0.2, -0.15) is 0 Å². The van der Waals surface area contributed by atoms with Crippen molar-refractivity contribution in [3.63, 3.8) is 0 Å². The molecule has 0 spiro atoms. The molecule has 0 heterocycles. The van der Waals surface area contributed by atoms with Crippen LogP contribution in [0.2, 0.25) is 0 Å². The third kappa shape index (κ3) is 3.82. The summed E-state index contributed by atoms with van der Waals surface area (Å²) in [4.78, 5) is 13.9. The zero-order valence-electron chi connectivity index (χ0n) is 19.1. The molecular formula is C32H20Br2O2. The van der Waals surface area contributed by atoms with E-state index in [9.17, 15) is 4.79 Å².